The zero-order chi connectivity index (χ0) is 15.3. The Hall–Kier alpha value is -1.15. The minimum Gasteiger partial charge on any atom is -0.465 e. The normalized spacial score (nSPS) is 17.8. The van der Waals surface area contributed by atoms with Gasteiger partial charge in [-0.2, -0.15) is 0 Å². The maximum absolute atomic E-state index is 12.2. The van der Waals surface area contributed by atoms with E-state index in [0.717, 1.165) is 25.8 Å². The average Bonchev–Trinajstić information content (AvgIpc) is 2.99. The number of sulfonamides is 1. The lowest BCUT2D eigenvalue weighted by Crippen LogP contribution is -2.30. The van der Waals surface area contributed by atoms with E-state index in [1.165, 1.54) is 31.4 Å². The van der Waals surface area contributed by atoms with E-state index in [9.17, 15) is 13.2 Å². The van der Waals surface area contributed by atoms with E-state index in [4.69, 9.17) is 0 Å². The van der Waals surface area contributed by atoms with Crippen molar-refractivity contribution in [3.05, 3.63) is 29.8 Å². The maximum Gasteiger partial charge on any atom is 0.337 e. The number of rotatable bonds is 6. The number of nitrogens with one attached hydrogen (secondary N) is 2. The third-order valence-electron chi connectivity index (χ3n) is 3.51. The standard InChI is InChI=1S/C14H20N2O4S.ClH/c1-20-14(17)11-4-2-6-13(10-11)21(18,19)16-9-7-12-5-3-8-15-12;/h2,4,6,10,12,15-16H,3,5,7-9H2,1H3;1H/t12-;/m1./s1. The molecule has 0 saturated carbocycles. The summed E-state index contributed by atoms with van der Waals surface area (Å²) < 4.78 is 31.5. The first-order chi connectivity index (χ1) is 10.0. The maximum atomic E-state index is 12.2. The van der Waals surface area contributed by atoms with Crippen molar-refractivity contribution in [3.63, 3.8) is 0 Å². The quantitative estimate of drug-likeness (QED) is 0.757. The monoisotopic (exact) mass is 348 g/mol. The molecule has 0 amide bonds. The van der Waals surface area contributed by atoms with Crippen LogP contribution >= 0.6 is 12.4 Å². The average molecular weight is 349 g/mol. The lowest BCUT2D eigenvalue weighted by molar-refractivity contribution is 0.0600. The summed E-state index contributed by atoms with van der Waals surface area (Å²) in [5, 5.41) is 3.32. The molecule has 1 heterocycles. The van der Waals surface area contributed by atoms with Crippen LogP contribution in [0.1, 0.15) is 29.6 Å². The lowest BCUT2D eigenvalue weighted by atomic mass is 10.2. The lowest BCUT2D eigenvalue weighted by Gasteiger charge is -2.11. The van der Waals surface area contributed by atoms with Crippen molar-refractivity contribution >= 4 is 28.4 Å². The van der Waals surface area contributed by atoms with E-state index >= 15 is 0 Å². The summed E-state index contributed by atoms with van der Waals surface area (Å²) in [6, 6.07) is 6.21. The molecule has 1 atom stereocenters. The molecule has 2 N–H and O–H groups in total. The van der Waals surface area contributed by atoms with Gasteiger partial charge in [-0.15, -0.1) is 12.4 Å². The number of esters is 1. The van der Waals surface area contributed by atoms with E-state index in [1.54, 1.807) is 0 Å². The smallest absolute Gasteiger partial charge is 0.337 e. The number of ether oxygens (including phenoxy) is 1. The Morgan fingerprint density at radius 3 is 2.86 bits per heavy atom. The van der Waals surface area contributed by atoms with E-state index in [0.29, 0.717) is 12.6 Å². The number of hydrogen-bond donors (Lipinski definition) is 2. The van der Waals surface area contributed by atoms with Crippen molar-refractivity contribution in [3.8, 4) is 0 Å². The Morgan fingerprint density at radius 1 is 1.45 bits per heavy atom. The van der Waals surface area contributed by atoms with Gasteiger partial charge in [-0.25, -0.2) is 17.9 Å². The van der Waals surface area contributed by atoms with Crippen LogP contribution in [0.25, 0.3) is 0 Å². The first kappa shape index (κ1) is 18.9. The van der Waals surface area contributed by atoms with Gasteiger partial charge in [0.25, 0.3) is 0 Å². The van der Waals surface area contributed by atoms with E-state index < -0.39 is 16.0 Å². The second-order valence-electron chi connectivity index (χ2n) is 5.00. The Kier molecular flexibility index (Phi) is 7.28. The van der Waals surface area contributed by atoms with Crippen LogP contribution in [0.2, 0.25) is 0 Å². The van der Waals surface area contributed by atoms with Crippen molar-refractivity contribution in [2.24, 2.45) is 0 Å². The molecule has 0 bridgehead atoms. The van der Waals surface area contributed by atoms with Crippen LogP contribution in [0.4, 0.5) is 0 Å². The fourth-order valence-corrected chi connectivity index (χ4v) is 3.46. The molecule has 0 spiro atoms. The molecule has 2 rings (SSSR count). The Bertz CT molecular complexity index is 601. The molecule has 1 fully saturated rings. The molecule has 1 aromatic carbocycles. The molecule has 124 valence electrons. The van der Waals surface area contributed by atoms with Crippen molar-refractivity contribution in [1.82, 2.24) is 10.0 Å². The Balaban J connectivity index is 0.00000242. The predicted octanol–water partition coefficient (Wildman–Crippen LogP) is 1.32. The fourth-order valence-electron chi connectivity index (χ4n) is 2.36. The second kappa shape index (κ2) is 8.47. The van der Waals surface area contributed by atoms with Gasteiger partial charge in [0.05, 0.1) is 17.6 Å². The van der Waals surface area contributed by atoms with Gasteiger partial charge in [0, 0.05) is 12.6 Å². The summed E-state index contributed by atoms with van der Waals surface area (Å²) in [6.45, 7) is 1.38. The Labute approximate surface area is 137 Å². The van der Waals surface area contributed by atoms with Crippen LogP contribution in [0.3, 0.4) is 0 Å². The van der Waals surface area contributed by atoms with Crippen LogP contribution < -0.4 is 10.0 Å². The van der Waals surface area contributed by atoms with Crippen LogP contribution in [0, 0.1) is 0 Å². The highest BCUT2D eigenvalue weighted by molar-refractivity contribution is 7.89. The highest BCUT2D eigenvalue weighted by Gasteiger charge is 2.18. The molecule has 22 heavy (non-hydrogen) atoms. The van der Waals surface area contributed by atoms with Gasteiger partial charge in [-0.1, -0.05) is 6.07 Å². The van der Waals surface area contributed by atoms with Crippen LogP contribution in [0.15, 0.2) is 29.2 Å². The number of carbonyl (C=O) groups is 1. The summed E-state index contributed by atoms with van der Waals surface area (Å²) in [6.07, 6.45) is 2.98. The third-order valence-corrected chi connectivity index (χ3v) is 4.97. The van der Waals surface area contributed by atoms with Crippen molar-refractivity contribution in [2.45, 2.75) is 30.2 Å². The SMILES string of the molecule is COC(=O)c1cccc(S(=O)(=O)NCC[C@H]2CCCN2)c1.Cl. The molecule has 1 saturated heterocycles. The van der Waals surface area contributed by atoms with Crippen LogP contribution in [-0.2, 0) is 14.8 Å². The van der Waals surface area contributed by atoms with Crippen LogP contribution in [-0.4, -0.2) is 40.6 Å². The largest absolute Gasteiger partial charge is 0.465 e. The summed E-state index contributed by atoms with van der Waals surface area (Å²) in [7, 11) is -2.34. The highest BCUT2D eigenvalue weighted by Crippen LogP contribution is 2.13. The van der Waals surface area contributed by atoms with E-state index in [1.807, 2.05) is 0 Å². The van der Waals surface area contributed by atoms with Gasteiger partial charge in [0.1, 0.15) is 0 Å². The van der Waals surface area contributed by atoms with Gasteiger partial charge < -0.3 is 10.1 Å². The number of benzene rings is 1. The molecule has 0 aromatic heterocycles. The predicted molar refractivity (Wildman–Crippen MR) is 85.9 cm³/mol. The number of methoxy groups -OCH3 is 1. The number of carbonyl (C=O) groups excluding carboxylic acids is 1. The zero-order valence-corrected chi connectivity index (χ0v) is 14.0. The van der Waals surface area contributed by atoms with E-state index in [-0.39, 0.29) is 22.9 Å². The van der Waals surface area contributed by atoms with Gasteiger partial charge in [-0.3, -0.25) is 0 Å². The minimum absolute atomic E-state index is 0. The van der Waals surface area contributed by atoms with Crippen molar-refractivity contribution in [1.29, 1.82) is 0 Å². The summed E-state index contributed by atoms with van der Waals surface area (Å²) >= 11 is 0. The first-order valence-corrected chi connectivity index (χ1v) is 8.42. The number of halogens is 1. The molecule has 1 aromatic rings. The molecule has 0 aliphatic carbocycles. The van der Waals surface area contributed by atoms with Crippen molar-refractivity contribution < 1.29 is 17.9 Å². The molecule has 6 nitrogen and oxygen atoms in total. The topological polar surface area (TPSA) is 84.5 Å². The Morgan fingerprint density at radius 2 is 2.23 bits per heavy atom. The third kappa shape index (κ3) is 4.95. The summed E-state index contributed by atoms with van der Waals surface area (Å²) in [5.74, 6) is -0.554. The van der Waals surface area contributed by atoms with Gasteiger partial charge in [-0.05, 0) is 44.0 Å². The molecule has 8 heteroatoms. The van der Waals surface area contributed by atoms with Crippen LogP contribution in [0.5, 0.6) is 0 Å². The minimum atomic E-state index is -3.60. The molecular formula is C14H21ClN2O4S. The molecule has 0 unspecified atom stereocenters. The fraction of sp³-hybridized carbons (Fsp3) is 0.500. The molecule has 1 aliphatic rings. The van der Waals surface area contributed by atoms with Gasteiger partial charge in [0.15, 0.2) is 0 Å². The summed E-state index contributed by atoms with van der Waals surface area (Å²) in [4.78, 5) is 11.5. The highest BCUT2D eigenvalue weighted by atomic mass is 35.5. The number of hydrogen-bond acceptors (Lipinski definition) is 5. The van der Waals surface area contributed by atoms with Gasteiger partial charge >= 0.3 is 5.97 Å². The summed E-state index contributed by atoms with van der Waals surface area (Å²) in [5.41, 5.74) is 0.220. The molecular weight excluding hydrogens is 328 g/mol. The first-order valence-electron chi connectivity index (χ1n) is 6.94. The molecule has 0 radical (unpaired) electrons. The molecule has 1 aliphatic heterocycles. The zero-order valence-electron chi connectivity index (χ0n) is 12.4. The van der Waals surface area contributed by atoms with E-state index in [2.05, 4.69) is 14.8 Å². The van der Waals surface area contributed by atoms with Crippen molar-refractivity contribution in [2.75, 3.05) is 20.2 Å². The second-order valence-corrected chi connectivity index (χ2v) is 6.77. The van der Waals surface area contributed by atoms with Gasteiger partial charge in [0.2, 0.25) is 10.0 Å².